The van der Waals surface area contributed by atoms with Crippen LogP contribution in [0.15, 0.2) is 0 Å². The molecule has 1 fully saturated rings. The van der Waals surface area contributed by atoms with Crippen LogP contribution in [-0.4, -0.2) is 36.8 Å². The molecule has 0 spiro atoms. The Hall–Kier alpha value is -0.610. The van der Waals surface area contributed by atoms with Crippen LogP contribution in [0.2, 0.25) is 0 Å². The summed E-state index contributed by atoms with van der Waals surface area (Å²) >= 11 is 0. The molecule has 12 heavy (non-hydrogen) atoms. The van der Waals surface area contributed by atoms with E-state index in [1.807, 2.05) is 0 Å². The maximum absolute atomic E-state index is 11.6. The summed E-state index contributed by atoms with van der Waals surface area (Å²) in [5.74, 6) is -0.109. The van der Waals surface area contributed by atoms with E-state index in [1.165, 1.54) is 12.2 Å². The number of amides is 1. The van der Waals surface area contributed by atoms with Crippen molar-refractivity contribution in [2.24, 2.45) is 0 Å². The normalized spacial score (nSPS) is 18.4. The van der Waals surface area contributed by atoms with Crippen molar-refractivity contribution >= 4 is 5.91 Å². The van der Waals surface area contributed by atoms with Crippen LogP contribution in [-0.2, 0) is 14.4 Å². The molecule has 1 aliphatic heterocycles. The van der Waals surface area contributed by atoms with Gasteiger partial charge in [-0.1, -0.05) is 0 Å². The second-order valence-electron chi connectivity index (χ2n) is 3.31. The van der Waals surface area contributed by atoms with Gasteiger partial charge in [0, 0.05) is 7.11 Å². The third-order valence-corrected chi connectivity index (χ3v) is 2.00. The number of rotatable bonds is 2. The molecule has 4 heteroatoms. The Bertz CT molecular complexity index is 173. The maximum Gasteiger partial charge on any atom is 0.277 e. The Morgan fingerprint density at radius 1 is 1.58 bits per heavy atom. The summed E-state index contributed by atoms with van der Waals surface area (Å²) in [4.78, 5) is 16.7. The third kappa shape index (κ3) is 1.76. The van der Waals surface area contributed by atoms with Crippen LogP contribution in [0.25, 0.3) is 0 Å². The Labute approximate surface area is 72.4 Å². The second-order valence-corrected chi connectivity index (χ2v) is 3.31. The molecule has 1 amide bonds. The lowest BCUT2D eigenvalue weighted by Crippen LogP contribution is -2.44. The van der Waals surface area contributed by atoms with E-state index < -0.39 is 5.60 Å². The Morgan fingerprint density at radius 3 is 2.67 bits per heavy atom. The zero-order valence-electron chi connectivity index (χ0n) is 7.79. The number of hydrogen-bond donors (Lipinski definition) is 0. The van der Waals surface area contributed by atoms with E-state index in [-0.39, 0.29) is 5.91 Å². The van der Waals surface area contributed by atoms with Gasteiger partial charge in [0.15, 0.2) is 0 Å². The van der Waals surface area contributed by atoms with Crippen molar-refractivity contribution in [1.29, 1.82) is 0 Å². The van der Waals surface area contributed by atoms with E-state index >= 15 is 0 Å². The van der Waals surface area contributed by atoms with Gasteiger partial charge in [0.05, 0.1) is 13.2 Å². The van der Waals surface area contributed by atoms with Crippen molar-refractivity contribution < 1.29 is 14.4 Å². The van der Waals surface area contributed by atoms with Gasteiger partial charge in [-0.05, 0) is 20.3 Å². The predicted octanol–water partition coefficient (Wildman–Crippen LogP) is 0.575. The molecule has 0 aromatic heterocycles. The minimum atomic E-state index is -0.773. The highest BCUT2D eigenvalue weighted by atomic mass is 16.7. The van der Waals surface area contributed by atoms with E-state index in [1.54, 1.807) is 13.8 Å². The van der Waals surface area contributed by atoms with Gasteiger partial charge in [0.2, 0.25) is 0 Å². The molecule has 4 nitrogen and oxygen atoms in total. The number of carbonyl (C=O) groups excluding carboxylic acids is 1. The minimum absolute atomic E-state index is 0.109. The van der Waals surface area contributed by atoms with Gasteiger partial charge < -0.3 is 4.74 Å². The minimum Gasteiger partial charge on any atom is -0.369 e. The summed E-state index contributed by atoms with van der Waals surface area (Å²) in [6, 6.07) is 0. The van der Waals surface area contributed by atoms with Gasteiger partial charge in [-0.2, -0.15) is 0 Å². The average molecular weight is 173 g/mol. The highest BCUT2D eigenvalue weighted by Gasteiger charge is 2.34. The van der Waals surface area contributed by atoms with Gasteiger partial charge in [-0.25, -0.2) is 5.06 Å². The number of nitrogens with zero attached hydrogens (tertiary/aromatic N) is 1. The van der Waals surface area contributed by atoms with Crippen LogP contribution in [0.1, 0.15) is 20.3 Å². The van der Waals surface area contributed by atoms with E-state index in [4.69, 9.17) is 9.57 Å². The Kier molecular flexibility index (Phi) is 2.69. The maximum atomic E-state index is 11.6. The highest BCUT2D eigenvalue weighted by Crippen LogP contribution is 2.15. The standard InChI is InChI=1S/C8H15NO3/c1-8(2,11-3)7(10)9-5-4-6-12-9/h4-6H2,1-3H3. The van der Waals surface area contributed by atoms with Gasteiger partial charge in [-0.15, -0.1) is 0 Å². The Morgan fingerprint density at radius 2 is 2.25 bits per heavy atom. The second kappa shape index (κ2) is 3.41. The number of ether oxygens (including phenoxy) is 1. The summed E-state index contributed by atoms with van der Waals surface area (Å²) in [7, 11) is 1.52. The van der Waals surface area contributed by atoms with Crippen LogP contribution in [0.4, 0.5) is 0 Å². The molecule has 0 saturated carbocycles. The monoisotopic (exact) mass is 173 g/mol. The molecule has 0 unspecified atom stereocenters. The van der Waals surface area contributed by atoms with Crippen LogP contribution in [0, 0.1) is 0 Å². The number of methoxy groups -OCH3 is 1. The van der Waals surface area contributed by atoms with Crippen LogP contribution < -0.4 is 0 Å². The SMILES string of the molecule is COC(C)(C)C(=O)N1CCCO1. The largest absolute Gasteiger partial charge is 0.369 e. The first-order chi connectivity index (χ1) is 5.58. The molecule has 0 radical (unpaired) electrons. The zero-order chi connectivity index (χ0) is 9.19. The van der Waals surface area contributed by atoms with Gasteiger partial charge in [-0.3, -0.25) is 9.63 Å². The summed E-state index contributed by atoms with van der Waals surface area (Å²) in [6.45, 7) is 4.77. The first-order valence-corrected chi connectivity index (χ1v) is 4.08. The quantitative estimate of drug-likeness (QED) is 0.613. The lowest BCUT2D eigenvalue weighted by molar-refractivity contribution is -0.188. The molecule has 70 valence electrons. The molecule has 1 rings (SSSR count). The van der Waals surface area contributed by atoms with Gasteiger partial charge >= 0.3 is 0 Å². The van der Waals surface area contributed by atoms with Crippen molar-refractivity contribution in [3.63, 3.8) is 0 Å². The molecule has 0 N–H and O–H groups in total. The molecule has 0 aliphatic carbocycles. The van der Waals surface area contributed by atoms with Gasteiger partial charge in [0.1, 0.15) is 5.60 Å². The number of carbonyl (C=O) groups is 1. The first-order valence-electron chi connectivity index (χ1n) is 4.08. The molecule has 0 atom stereocenters. The zero-order valence-corrected chi connectivity index (χ0v) is 7.79. The number of hydrogen-bond acceptors (Lipinski definition) is 3. The predicted molar refractivity (Wildman–Crippen MR) is 43.4 cm³/mol. The fourth-order valence-electron chi connectivity index (χ4n) is 0.995. The molecule has 1 heterocycles. The summed E-state index contributed by atoms with van der Waals surface area (Å²) in [5.41, 5.74) is -0.773. The molecule has 0 aromatic carbocycles. The van der Waals surface area contributed by atoms with Gasteiger partial charge in [0.25, 0.3) is 5.91 Å². The lowest BCUT2D eigenvalue weighted by Gasteiger charge is -2.26. The summed E-state index contributed by atoms with van der Waals surface area (Å²) in [6.07, 6.45) is 0.908. The lowest BCUT2D eigenvalue weighted by atomic mass is 10.1. The molecule has 1 saturated heterocycles. The smallest absolute Gasteiger partial charge is 0.277 e. The van der Waals surface area contributed by atoms with Crippen molar-refractivity contribution in [3.8, 4) is 0 Å². The van der Waals surface area contributed by atoms with Crippen molar-refractivity contribution in [2.75, 3.05) is 20.3 Å². The van der Waals surface area contributed by atoms with E-state index in [0.29, 0.717) is 13.2 Å². The van der Waals surface area contributed by atoms with Crippen molar-refractivity contribution in [2.45, 2.75) is 25.9 Å². The molecule has 0 bridgehead atoms. The molecular formula is C8H15NO3. The first kappa shape index (κ1) is 9.48. The fraction of sp³-hybridized carbons (Fsp3) is 0.875. The van der Waals surface area contributed by atoms with E-state index in [0.717, 1.165) is 6.42 Å². The molecule has 0 aromatic rings. The summed E-state index contributed by atoms with van der Waals surface area (Å²) < 4.78 is 5.04. The van der Waals surface area contributed by atoms with Crippen LogP contribution in [0.5, 0.6) is 0 Å². The third-order valence-electron chi connectivity index (χ3n) is 2.00. The van der Waals surface area contributed by atoms with Crippen LogP contribution >= 0.6 is 0 Å². The van der Waals surface area contributed by atoms with Crippen molar-refractivity contribution in [3.05, 3.63) is 0 Å². The van der Waals surface area contributed by atoms with Crippen molar-refractivity contribution in [1.82, 2.24) is 5.06 Å². The van der Waals surface area contributed by atoms with E-state index in [2.05, 4.69) is 0 Å². The van der Waals surface area contributed by atoms with E-state index in [9.17, 15) is 4.79 Å². The molecule has 1 aliphatic rings. The summed E-state index contributed by atoms with van der Waals surface area (Å²) in [5, 5.41) is 1.38. The highest BCUT2D eigenvalue weighted by molar-refractivity contribution is 5.83. The number of hydroxylamine groups is 2. The van der Waals surface area contributed by atoms with Crippen LogP contribution in [0.3, 0.4) is 0 Å². The fourth-order valence-corrected chi connectivity index (χ4v) is 0.995. The molecular weight excluding hydrogens is 158 g/mol. The Balaban J connectivity index is 2.56. The average Bonchev–Trinajstić information content (AvgIpc) is 2.55. The topological polar surface area (TPSA) is 38.8 Å².